The molecule has 3 rings (SSSR count). The molecular weight excluding hydrogens is 260 g/mol. The first-order valence-corrected chi connectivity index (χ1v) is 6.86. The van der Waals surface area contributed by atoms with Gasteiger partial charge in [0.1, 0.15) is 23.2 Å². The van der Waals surface area contributed by atoms with E-state index in [0.717, 1.165) is 23.7 Å². The van der Waals surface area contributed by atoms with Crippen molar-refractivity contribution in [2.45, 2.75) is 32.4 Å². The van der Waals surface area contributed by atoms with E-state index in [9.17, 15) is 8.78 Å². The zero-order valence-electron chi connectivity index (χ0n) is 11.3. The Labute approximate surface area is 116 Å². The second-order valence-electron chi connectivity index (χ2n) is 5.46. The van der Waals surface area contributed by atoms with E-state index >= 15 is 0 Å². The van der Waals surface area contributed by atoms with Crippen molar-refractivity contribution in [2.24, 2.45) is 5.92 Å². The molecule has 20 heavy (non-hydrogen) atoms. The first-order chi connectivity index (χ1) is 9.63. The predicted octanol–water partition coefficient (Wildman–Crippen LogP) is 3.97. The summed E-state index contributed by atoms with van der Waals surface area (Å²) in [6.45, 7) is 2.99. The fourth-order valence-corrected chi connectivity index (χ4v) is 2.41. The van der Waals surface area contributed by atoms with Crippen LogP contribution in [-0.4, -0.2) is 0 Å². The molecule has 1 aliphatic carbocycles. The number of rotatable bonds is 5. The molecule has 1 saturated carbocycles. The van der Waals surface area contributed by atoms with Crippen LogP contribution in [0.5, 0.6) is 0 Å². The lowest BCUT2D eigenvalue weighted by Crippen LogP contribution is -2.13. The summed E-state index contributed by atoms with van der Waals surface area (Å²) >= 11 is 0. The van der Waals surface area contributed by atoms with E-state index in [1.165, 1.54) is 12.5 Å². The zero-order valence-corrected chi connectivity index (χ0v) is 11.3. The van der Waals surface area contributed by atoms with Crippen LogP contribution in [0.25, 0.3) is 0 Å². The molecule has 0 radical (unpaired) electrons. The number of hydrogen-bond donors (Lipinski definition) is 1. The smallest absolute Gasteiger partial charge is 0.127 e. The summed E-state index contributed by atoms with van der Waals surface area (Å²) in [5.41, 5.74) is 0.326. The standard InChI is InChI=1S/C16H17F2NO/c1-10-6-14(10)16-5-3-13(20-16)9-19-8-11-7-12(17)2-4-15(11)18/h2-5,7,10,14,19H,6,8-9H2,1H3. The number of benzene rings is 1. The molecule has 1 fully saturated rings. The van der Waals surface area contributed by atoms with E-state index in [0.29, 0.717) is 23.9 Å². The lowest BCUT2D eigenvalue weighted by Gasteiger charge is -2.04. The minimum Gasteiger partial charge on any atom is -0.464 e. The third-order valence-electron chi connectivity index (χ3n) is 3.78. The van der Waals surface area contributed by atoms with Gasteiger partial charge in [-0.05, 0) is 42.7 Å². The molecule has 0 saturated heterocycles. The molecule has 2 nitrogen and oxygen atoms in total. The quantitative estimate of drug-likeness (QED) is 0.894. The summed E-state index contributed by atoms with van der Waals surface area (Å²) in [6.07, 6.45) is 1.19. The average molecular weight is 277 g/mol. The lowest BCUT2D eigenvalue weighted by atomic mass is 10.2. The maximum atomic E-state index is 13.4. The highest BCUT2D eigenvalue weighted by atomic mass is 19.1. The van der Waals surface area contributed by atoms with Gasteiger partial charge >= 0.3 is 0 Å². The van der Waals surface area contributed by atoms with E-state index in [4.69, 9.17) is 4.42 Å². The van der Waals surface area contributed by atoms with E-state index in [-0.39, 0.29) is 6.54 Å². The molecule has 0 amide bonds. The highest BCUT2D eigenvalue weighted by Gasteiger charge is 2.36. The van der Waals surface area contributed by atoms with Gasteiger partial charge in [0.05, 0.1) is 6.54 Å². The Morgan fingerprint density at radius 3 is 2.75 bits per heavy atom. The van der Waals surface area contributed by atoms with Crippen LogP contribution in [0.2, 0.25) is 0 Å². The maximum absolute atomic E-state index is 13.4. The van der Waals surface area contributed by atoms with Gasteiger partial charge in [-0.25, -0.2) is 8.78 Å². The van der Waals surface area contributed by atoms with Crippen molar-refractivity contribution < 1.29 is 13.2 Å². The summed E-state index contributed by atoms with van der Waals surface area (Å²) in [7, 11) is 0. The molecule has 4 heteroatoms. The van der Waals surface area contributed by atoms with Gasteiger partial charge in [-0.3, -0.25) is 0 Å². The van der Waals surface area contributed by atoms with E-state index in [2.05, 4.69) is 12.2 Å². The van der Waals surface area contributed by atoms with E-state index in [1.54, 1.807) is 0 Å². The molecule has 2 aromatic rings. The van der Waals surface area contributed by atoms with Gasteiger partial charge < -0.3 is 9.73 Å². The van der Waals surface area contributed by atoms with Gasteiger partial charge in [0.25, 0.3) is 0 Å². The predicted molar refractivity (Wildman–Crippen MR) is 72.1 cm³/mol. The topological polar surface area (TPSA) is 25.2 Å². The number of halogens is 2. The van der Waals surface area contributed by atoms with Crippen LogP contribution in [0.15, 0.2) is 34.7 Å². The van der Waals surface area contributed by atoms with Gasteiger partial charge in [-0.2, -0.15) is 0 Å². The SMILES string of the molecule is CC1CC1c1ccc(CNCc2cc(F)ccc2F)o1. The van der Waals surface area contributed by atoms with Gasteiger partial charge in [-0.1, -0.05) is 6.92 Å². The van der Waals surface area contributed by atoms with Crippen LogP contribution < -0.4 is 5.32 Å². The van der Waals surface area contributed by atoms with Crippen molar-refractivity contribution in [1.82, 2.24) is 5.32 Å². The van der Waals surface area contributed by atoms with Gasteiger partial charge in [0, 0.05) is 18.0 Å². The maximum Gasteiger partial charge on any atom is 0.127 e. The number of nitrogens with one attached hydrogen (secondary N) is 1. The molecule has 2 unspecified atom stereocenters. The van der Waals surface area contributed by atoms with Crippen LogP contribution in [0, 0.1) is 17.6 Å². The molecule has 1 aliphatic rings. The molecule has 1 aromatic heterocycles. The highest BCUT2D eigenvalue weighted by Crippen LogP contribution is 2.47. The monoisotopic (exact) mass is 277 g/mol. The first-order valence-electron chi connectivity index (χ1n) is 6.86. The molecule has 0 spiro atoms. The summed E-state index contributed by atoms with van der Waals surface area (Å²) < 4.78 is 32.2. The average Bonchev–Trinajstić information content (AvgIpc) is 2.97. The minimum atomic E-state index is -0.425. The first kappa shape index (κ1) is 13.3. The normalized spacial score (nSPS) is 21.1. The Hall–Kier alpha value is -1.68. The highest BCUT2D eigenvalue weighted by molar-refractivity contribution is 5.19. The Morgan fingerprint density at radius 2 is 2.00 bits per heavy atom. The number of furan rings is 1. The Balaban J connectivity index is 1.54. The summed E-state index contributed by atoms with van der Waals surface area (Å²) in [5.74, 6) is 2.31. The van der Waals surface area contributed by atoms with Crippen LogP contribution in [0.3, 0.4) is 0 Å². The third kappa shape index (κ3) is 2.90. The van der Waals surface area contributed by atoms with Gasteiger partial charge in [-0.15, -0.1) is 0 Å². The van der Waals surface area contributed by atoms with Crippen LogP contribution in [0.4, 0.5) is 8.78 Å². The Bertz CT molecular complexity index is 608. The van der Waals surface area contributed by atoms with Crippen molar-refractivity contribution >= 4 is 0 Å². The molecule has 106 valence electrons. The van der Waals surface area contributed by atoms with Crippen molar-refractivity contribution in [3.8, 4) is 0 Å². The van der Waals surface area contributed by atoms with E-state index in [1.807, 2.05) is 12.1 Å². The summed E-state index contributed by atoms with van der Waals surface area (Å²) in [6, 6.07) is 7.42. The second kappa shape index (κ2) is 5.37. The van der Waals surface area contributed by atoms with Crippen LogP contribution in [-0.2, 0) is 13.1 Å². The molecule has 2 atom stereocenters. The largest absolute Gasteiger partial charge is 0.464 e. The second-order valence-corrected chi connectivity index (χ2v) is 5.46. The van der Waals surface area contributed by atoms with Gasteiger partial charge in [0.2, 0.25) is 0 Å². The summed E-state index contributed by atoms with van der Waals surface area (Å²) in [4.78, 5) is 0. The minimum absolute atomic E-state index is 0.277. The summed E-state index contributed by atoms with van der Waals surface area (Å²) in [5, 5.41) is 3.07. The molecule has 1 aromatic carbocycles. The molecule has 0 aliphatic heterocycles. The van der Waals surface area contributed by atoms with Crippen LogP contribution >= 0.6 is 0 Å². The van der Waals surface area contributed by atoms with Gasteiger partial charge in [0.15, 0.2) is 0 Å². The third-order valence-corrected chi connectivity index (χ3v) is 3.78. The van der Waals surface area contributed by atoms with Crippen molar-refractivity contribution in [2.75, 3.05) is 0 Å². The van der Waals surface area contributed by atoms with Crippen LogP contribution in [0.1, 0.15) is 36.3 Å². The van der Waals surface area contributed by atoms with E-state index < -0.39 is 11.6 Å². The molecular formula is C16H17F2NO. The van der Waals surface area contributed by atoms with Crippen molar-refractivity contribution in [3.63, 3.8) is 0 Å². The zero-order chi connectivity index (χ0) is 14.1. The molecule has 1 N–H and O–H groups in total. The lowest BCUT2D eigenvalue weighted by molar-refractivity contribution is 0.442. The molecule has 0 bridgehead atoms. The molecule has 1 heterocycles. The fraction of sp³-hybridized carbons (Fsp3) is 0.375. The van der Waals surface area contributed by atoms with Crippen molar-refractivity contribution in [1.29, 1.82) is 0 Å². The number of hydrogen-bond acceptors (Lipinski definition) is 2. The Morgan fingerprint density at radius 1 is 1.20 bits per heavy atom. The fourth-order valence-electron chi connectivity index (χ4n) is 2.41. The van der Waals surface area contributed by atoms with Crippen molar-refractivity contribution in [3.05, 3.63) is 59.1 Å². The Kier molecular flexibility index (Phi) is 3.57.